The fourth-order valence-electron chi connectivity index (χ4n) is 1.89. The van der Waals surface area contributed by atoms with E-state index in [1.165, 1.54) is 7.11 Å². The van der Waals surface area contributed by atoms with Crippen LogP contribution in [0.4, 0.5) is 4.79 Å². The Morgan fingerprint density at radius 1 is 1.12 bits per heavy atom. The third kappa shape index (κ3) is 8.74. The van der Waals surface area contributed by atoms with E-state index in [4.69, 9.17) is 9.47 Å². The van der Waals surface area contributed by atoms with Crippen LogP contribution >= 0.6 is 0 Å². The minimum atomic E-state index is -0.999. The first-order chi connectivity index (χ1) is 11.7. The second-order valence-electron chi connectivity index (χ2n) is 6.41. The Hall–Kier alpha value is -2.57. The van der Waals surface area contributed by atoms with Gasteiger partial charge in [0.1, 0.15) is 18.2 Å². The Kier molecular flexibility index (Phi) is 7.91. The minimum Gasteiger partial charge on any atom is -0.469 e. The van der Waals surface area contributed by atoms with Crippen LogP contribution in [0.1, 0.15) is 39.2 Å². The van der Waals surface area contributed by atoms with Crippen molar-refractivity contribution in [3.05, 3.63) is 35.9 Å². The maximum atomic E-state index is 12.2. The summed E-state index contributed by atoms with van der Waals surface area (Å²) in [6.07, 6.45) is -0.730. The fraction of sp³-hybridized carbons (Fsp3) is 0.500. The molecule has 1 rings (SSSR count). The molecule has 25 heavy (non-hydrogen) atoms. The summed E-state index contributed by atoms with van der Waals surface area (Å²) in [5.74, 6) is -1.11. The highest BCUT2D eigenvalue weighted by Gasteiger charge is 2.27. The molecule has 0 aliphatic rings. The molecule has 0 radical (unpaired) electrons. The molecule has 7 nitrogen and oxygen atoms in total. The largest absolute Gasteiger partial charge is 0.469 e. The summed E-state index contributed by atoms with van der Waals surface area (Å²) < 4.78 is 14.9. The van der Waals surface area contributed by atoms with Gasteiger partial charge in [0.05, 0.1) is 7.11 Å². The van der Waals surface area contributed by atoms with Gasteiger partial charge in [-0.3, -0.25) is 4.79 Å². The Labute approximate surface area is 147 Å². The molecule has 0 spiro atoms. The second kappa shape index (κ2) is 9.66. The Bertz CT molecular complexity index is 579. The number of hydrogen-bond donors (Lipinski definition) is 1. The van der Waals surface area contributed by atoms with Crippen LogP contribution in [-0.2, 0) is 30.4 Å². The molecule has 0 fully saturated rings. The molecule has 0 aromatic heterocycles. The van der Waals surface area contributed by atoms with Gasteiger partial charge < -0.3 is 19.5 Å². The van der Waals surface area contributed by atoms with Gasteiger partial charge in [-0.15, -0.1) is 0 Å². The van der Waals surface area contributed by atoms with E-state index >= 15 is 0 Å². The first-order valence-electron chi connectivity index (χ1n) is 7.98. The van der Waals surface area contributed by atoms with E-state index in [1.54, 1.807) is 20.8 Å². The van der Waals surface area contributed by atoms with Gasteiger partial charge in [0.15, 0.2) is 0 Å². The number of carbonyl (C=O) groups is 3. The van der Waals surface area contributed by atoms with Crippen LogP contribution in [0.3, 0.4) is 0 Å². The van der Waals surface area contributed by atoms with Gasteiger partial charge in [0.2, 0.25) is 0 Å². The highest BCUT2D eigenvalue weighted by molar-refractivity contribution is 5.82. The number of carbonyl (C=O) groups excluding carboxylic acids is 3. The van der Waals surface area contributed by atoms with Crippen molar-refractivity contribution in [2.75, 3.05) is 7.11 Å². The van der Waals surface area contributed by atoms with E-state index in [1.807, 2.05) is 30.3 Å². The van der Waals surface area contributed by atoms with Crippen LogP contribution in [0.2, 0.25) is 0 Å². The molecule has 0 saturated heterocycles. The lowest BCUT2D eigenvalue weighted by Gasteiger charge is -2.24. The average molecular weight is 351 g/mol. The summed E-state index contributed by atoms with van der Waals surface area (Å²) >= 11 is 0. The maximum absolute atomic E-state index is 12.2. The van der Waals surface area contributed by atoms with E-state index in [0.29, 0.717) is 0 Å². The zero-order chi connectivity index (χ0) is 18.9. The van der Waals surface area contributed by atoms with E-state index in [0.717, 1.165) is 5.56 Å². The summed E-state index contributed by atoms with van der Waals surface area (Å²) in [4.78, 5) is 35.5. The van der Waals surface area contributed by atoms with E-state index in [2.05, 4.69) is 10.1 Å². The summed E-state index contributed by atoms with van der Waals surface area (Å²) in [5.41, 5.74) is 0.108. The van der Waals surface area contributed by atoms with Crippen LogP contribution in [0.5, 0.6) is 0 Å². The quantitative estimate of drug-likeness (QED) is 0.600. The van der Waals surface area contributed by atoms with Crippen molar-refractivity contribution in [1.82, 2.24) is 5.32 Å². The number of rotatable bonds is 7. The number of esters is 2. The molecular weight excluding hydrogens is 326 g/mol. The van der Waals surface area contributed by atoms with Gasteiger partial charge in [-0.2, -0.15) is 0 Å². The van der Waals surface area contributed by atoms with Crippen LogP contribution in [0.25, 0.3) is 0 Å². The Balaban J connectivity index is 2.62. The predicted molar refractivity (Wildman–Crippen MR) is 90.6 cm³/mol. The summed E-state index contributed by atoms with van der Waals surface area (Å²) in [5, 5.41) is 2.45. The molecule has 0 aliphatic heterocycles. The van der Waals surface area contributed by atoms with Gasteiger partial charge in [0, 0.05) is 6.42 Å². The Morgan fingerprint density at radius 2 is 1.76 bits per heavy atom. The smallest absolute Gasteiger partial charge is 0.408 e. The third-order valence-electron chi connectivity index (χ3n) is 3.06. The lowest BCUT2D eigenvalue weighted by molar-refractivity contribution is -0.157. The molecule has 7 heteroatoms. The molecule has 0 aliphatic carbocycles. The molecule has 138 valence electrons. The first kappa shape index (κ1) is 20.5. The standard InChI is InChI=1S/C18H25NO6/c1-18(2,3)25-16(21)14(10-11-15(20)23-4)19-17(22)24-12-13-8-6-5-7-9-13/h5-9,14H,10-12H2,1-4H3,(H,19,22). The average Bonchev–Trinajstić information content (AvgIpc) is 2.55. The predicted octanol–water partition coefficient (Wildman–Crippen LogP) is 2.58. The van der Waals surface area contributed by atoms with Gasteiger partial charge in [-0.25, -0.2) is 9.59 Å². The fourth-order valence-corrected chi connectivity index (χ4v) is 1.89. The van der Waals surface area contributed by atoms with Crippen LogP contribution in [-0.4, -0.2) is 36.8 Å². The van der Waals surface area contributed by atoms with Crippen LogP contribution in [0.15, 0.2) is 30.3 Å². The number of amides is 1. The van der Waals surface area contributed by atoms with Crippen molar-refractivity contribution in [2.24, 2.45) is 0 Å². The normalized spacial score (nSPS) is 12.0. The maximum Gasteiger partial charge on any atom is 0.408 e. The van der Waals surface area contributed by atoms with Crippen molar-refractivity contribution in [1.29, 1.82) is 0 Å². The van der Waals surface area contributed by atoms with E-state index in [9.17, 15) is 14.4 Å². The molecule has 1 unspecified atom stereocenters. The number of hydrogen-bond acceptors (Lipinski definition) is 6. The lowest BCUT2D eigenvalue weighted by Crippen LogP contribution is -2.44. The molecule has 1 amide bonds. The second-order valence-corrected chi connectivity index (χ2v) is 6.41. The van der Waals surface area contributed by atoms with Crippen molar-refractivity contribution in [3.63, 3.8) is 0 Å². The van der Waals surface area contributed by atoms with Crippen molar-refractivity contribution in [3.8, 4) is 0 Å². The van der Waals surface area contributed by atoms with E-state index < -0.39 is 29.7 Å². The molecule has 0 bridgehead atoms. The van der Waals surface area contributed by atoms with Gasteiger partial charge >= 0.3 is 18.0 Å². The monoisotopic (exact) mass is 351 g/mol. The SMILES string of the molecule is COC(=O)CCC(NC(=O)OCc1ccccc1)C(=O)OC(C)(C)C. The molecule has 1 aromatic carbocycles. The lowest BCUT2D eigenvalue weighted by atomic mass is 10.1. The number of alkyl carbamates (subject to hydrolysis) is 1. The summed E-state index contributed by atoms with van der Waals surface area (Å²) in [6.45, 7) is 5.23. The molecule has 0 saturated carbocycles. The minimum absolute atomic E-state index is 0.0284. The number of ether oxygens (including phenoxy) is 3. The molecule has 1 atom stereocenters. The van der Waals surface area contributed by atoms with E-state index in [-0.39, 0.29) is 19.4 Å². The van der Waals surface area contributed by atoms with Gasteiger partial charge in [0.25, 0.3) is 0 Å². The van der Waals surface area contributed by atoms with Gasteiger partial charge in [-0.1, -0.05) is 30.3 Å². The van der Waals surface area contributed by atoms with Gasteiger partial charge in [-0.05, 0) is 32.8 Å². The third-order valence-corrected chi connectivity index (χ3v) is 3.06. The molecule has 1 aromatic rings. The van der Waals surface area contributed by atoms with Crippen molar-refractivity contribution < 1.29 is 28.6 Å². The number of benzene rings is 1. The molecular formula is C18H25NO6. The molecule has 0 heterocycles. The zero-order valence-corrected chi connectivity index (χ0v) is 15.0. The Morgan fingerprint density at radius 3 is 2.32 bits per heavy atom. The van der Waals surface area contributed by atoms with Crippen molar-refractivity contribution in [2.45, 2.75) is 51.9 Å². The highest BCUT2D eigenvalue weighted by Crippen LogP contribution is 2.11. The van der Waals surface area contributed by atoms with Crippen molar-refractivity contribution >= 4 is 18.0 Å². The zero-order valence-electron chi connectivity index (χ0n) is 15.0. The van der Waals surface area contributed by atoms with Crippen LogP contribution in [0, 0.1) is 0 Å². The molecule has 1 N–H and O–H groups in total. The first-order valence-corrected chi connectivity index (χ1v) is 7.98. The summed E-state index contributed by atoms with van der Waals surface area (Å²) in [6, 6.07) is 8.15. The van der Waals surface area contributed by atoms with Crippen LogP contribution < -0.4 is 5.32 Å². The highest BCUT2D eigenvalue weighted by atomic mass is 16.6. The summed E-state index contributed by atoms with van der Waals surface area (Å²) in [7, 11) is 1.26. The number of methoxy groups -OCH3 is 1. The topological polar surface area (TPSA) is 90.9 Å². The number of nitrogens with one attached hydrogen (secondary N) is 1.